The van der Waals surface area contributed by atoms with Crippen molar-refractivity contribution in [2.75, 3.05) is 0 Å². The third-order valence-electron chi connectivity index (χ3n) is 10.4. The number of benzene rings is 8. The fourth-order valence-electron chi connectivity index (χ4n) is 7.72. The molecule has 2 nitrogen and oxygen atoms in total. The highest BCUT2D eigenvalue weighted by atomic mass is 14.8. The van der Waals surface area contributed by atoms with Crippen LogP contribution in [0.4, 0.5) is 0 Å². The van der Waals surface area contributed by atoms with Crippen molar-refractivity contribution in [2.45, 2.75) is 0 Å². The molecule has 2 heteroatoms. The number of rotatable bonds is 6. The van der Waals surface area contributed by atoms with Crippen molar-refractivity contribution in [1.82, 2.24) is 9.97 Å². The quantitative estimate of drug-likeness (QED) is 0.163. The minimum atomic E-state index is 0.913. The summed E-state index contributed by atoms with van der Waals surface area (Å²) < 4.78 is 0. The molecule has 0 aliphatic rings. The SMILES string of the molecule is c1ccc(-c2cc(-c3ccccc3)cc(-c3cccc(-c4ccc(-c5ccc6ccc7ccc(-c8ccccc8)nc7c6n5)c5ccccc45)c3)c2)cc1. The second-order valence-electron chi connectivity index (χ2n) is 13.8. The third-order valence-corrected chi connectivity index (χ3v) is 10.4. The van der Waals surface area contributed by atoms with Crippen LogP contribution in [0.15, 0.2) is 206 Å². The van der Waals surface area contributed by atoms with Gasteiger partial charge in [-0.3, -0.25) is 0 Å². The highest BCUT2D eigenvalue weighted by molar-refractivity contribution is 6.07. The largest absolute Gasteiger partial charge is 0.245 e. The average molecular weight is 687 g/mol. The summed E-state index contributed by atoms with van der Waals surface area (Å²) in [6.07, 6.45) is 0. The molecule has 10 aromatic rings. The normalized spacial score (nSPS) is 11.3. The van der Waals surface area contributed by atoms with E-state index in [0.29, 0.717) is 0 Å². The van der Waals surface area contributed by atoms with Gasteiger partial charge in [-0.2, -0.15) is 0 Å². The van der Waals surface area contributed by atoms with Gasteiger partial charge in [-0.1, -0.05) is 170 Å². The van der Waals surface area contributed by atoms with E-state index in [4.69, 9.17) is 9.97 Å². The zero-order chi connectivity index (χ0) is 35.8. The van der Waals surface area contributed by atoms with Crippen LogP contribution in [0.5, 0.6) is 0 Å². The molecule has 0 atom stereocenters. The Morgan fingerprint density at radius 3 is 1.26 bits per heavy atom. The highest BCUT2D eigenvalue weighted by Crippen LogP contribution is 2.39. The van der Waals surface area contributed by atoms with Gasteiger partial charge in [0.15, 0.2) is 0 Å². The van der Waals surface area contributed by atoms with Crippen LogP contribution in [-0.2, 0) is 0 Å². The molecular weight excluding hydrogens is 653 g/mol. The molecule has 0 aliphatic carbocycles. The van der Waals surface area contributed by atoms with Crippen LogP contribution < -0.4 is 0 Å². The van der Waals surface area contributed by atoms with Gasteiger partial charge < -0.3 is 0 Å². The van der Waals surface area contributed by atoms with Crippen molar-refractivity contribution in [3.05, 3.63) is 206 Å². The lowest BCUT2D eigenvalue weighted by Gasteiger charge is -2.15. The van der Waals surface area contributed by atoms with E-state index in [0.717, 1.165) is 44.3 Å². The summed E-state index contributed by atoms with van der Waals surface area (Å²) in [6.45, 7) is 0. The molecule has 10 rings (SSSR count). The number of nitrogens with zero attached hydrogens (tertiary/aromatic N) is 2. The molecule has 0 amide bonds. The van der Waals surface area contributed by atoms with Crippen LogP contribution in [0.25, 0.3) is 99.6 Å². The number of hydrogen-bond acceptors (Lipinski definition) is 2. The van der Waals surface area contributed by atoms with Gasteiger partial charge in [-0.15, -0.1) is 0 Å². The topological polar surface area (TPSA) is 25.8 Å². The number of pyridine rings is 2. The van der Waals surface area contributed by atoms with Crippen LogP contribution in [0.3, 0.4) is 0 Å². The Labute approximate surface area is 314 Å². The monoisotopic (exact) mass is 686 g/mol. The first kappa shape index (κ1) is 31.6. The van der Waals surface area contributed by atoms with E-state index in [1.807, 2.05) is 6.07 Å². The Bertz CT molecular complexity index is 2910. The van der Waals surface area contributed by atoms with Crippen molar-refractivity contribution in [3.63, 3.8) is 0 Å². The second kappa shape index (κ2) is 13.4. The van der Waals surface area contributed by atoms with Gasteiger partial charge in [0, 0.05) is 21.9 Å². The Morgan fingerprint density at radius 2 is 0.648 bits per heavy atom. The molecule has 0 radical (unpaired) electrons. The molecule has 0 fully saturated rings. The number of aromatic nitrogens is 2. The zero-order valence-electron chi connectivity index (χ0n) is 29.5. The Morgan fingerprint density at radius 1 is 0.241 bits per heavy atom. The second-order valence-corrected chi connectivity index (χ2v) is 13.8. The van der Waals surface area contributed by atoms with Crippen molar-refractivity contribution < 1.29 is 0 Å². The highest BCUT2D eigenvalue weighted by Gasteiger charge is 2.14. The summed E-state index contributed by atoms with van der Waals surface area (Å²) in [7, 11) is 0. The molecule has 2 aromatic heterocycles. The molecule has 0 saturated heterocycles. The van der Waals surface area contributed by atoms with Gasteiger partial charge in [0.05, 0.1) is 22.4 Å². The minimum absolute atomic E-state index is 0.913. The maximum Gasteiger partial charge on any atom is 0.0972 e. The Balaban J connectivity index is 1.08. The number of fused-ring (bicyclic) bond motifs is 4. The standard InChI is InChI=1S/C52H34N2/c1-4-13-35(14-5-1)42-32-43(36-15-6-2-7-16-36)34-44(33-42)40-19-12-20-41(31-40)45-27-28-48(47-22-11-10-21-46(45)47)50-30-26-39-24-23-38-25-29-49(37-17-8-3-9-18-37)53-51(38)52(39)54-50/h1-34H. The van der Waals surface area contributed by atoms with Crippen LogP contribution in [0, 0.1) is 0 Å². The zero-order valence-corrected chi connectivity index (χ0v) is 29.5. The van der Waals surface area contributed by atoms with Crippen LogP contribution in [-0.4, -0.2) is 9.97 Å². The molecular formula is C52H34N2. The summed E-state index contributed by atoms with van der Waals surface area (Å²) in [5.74, 6) is 0. The molecule has 8 aromatic carbocycles. The van der Waals surface area contributed by atoms with Crippen molar-refractivity contribution in [2.24, 2.45) is 0 Å². The Hall–Kier alpha value is -7.16. The molecule has 0 unspecified atom stereocenters. The molecule has 0 spiro atoms. The van der Waals surface area contributed by atoms with Crippen molar-refractivity contribution in [3.8, 4) is 67.0 Å². The molecule has 0 saturated carbocycles. The lowest BCUT2D eigenvalue weighted by molar-refractivity contribution is 1.37. The van der Waals surface area contributed by atoms with Gasteiger partial charge in [0.25, 0.3) is 0 Å². The maximum absolute atomic E-state index is 5.32. The van der Waals surface area contributed by atoms with E-state index >= 15 is 0 Å². The smallest absolute Gasteiger partial charge is 0.0972 e. The lowest BCUT2D eigenvalue weighted by Crippen LogP contribution is -1.92. The van der Waals surface area contributed by atoms with Gasteiger partial charge in [0.2, 0.25) is 0 Å². The van der Waals surface area contributed by atoms with Gasteiger partial charge in [-0.05, 0) is 91.7 Å². The molecule has 0 N–H and O–H groups in total. The molecule has 54 heavy (non-hydrogen) atoms. The van der Waals surface area contributed by atoms with Gasteiger partial charge in [-0.25, -0.2) is 9.97 Å². The van der Waals surface area contributed by atoms with E-state index in [-0.39, 0.29) is 0 Å². The first-order valence-electron chi connectivity index (χ1n) is 18.4. The summed E-state index contributed by atoms with van der Waals surface area (Å²) in [4.78, 5) is 10.5. The van der Waals surface area contributed by atoms with E-state index < -0.39 is 0 Å². The summed E-state index contributed by atoms with van der Waals surface area (Å²) in [5, 5.41) is 4.52. The summed E-state index contributed by atoms with van der Waals surface area (Å²) >= 11 is 0. The third kappa shape index (κ3) is 5.81. The van der Waals surface area contributed by atoms with E-state index in [9.17, 15) is 0 Å². The lowest BCUT2D eigenvalue weighted by atomic mass is 9.90. The number of hydrogen-bond donors (Lipinski definition) is 0. The molecule has 252 valence electrons. The predicted molar refractivity (Wildman–Crippen MR) is 227 cm³/mol. The van der Waals surface area contributed by atoms with Gasteiger partial charge in [0.1, 0.15) is 0 Å². The first-order valence-corrected chi connectivity index (χ1v) is 18.4. The predicted octanol–water partition coefficient (Wildman–Crippen LogP) is 13.9. The molecule has 2 heterocycles. The van der Waals surface area contributed by atoms with E-state index in [2.05, 4.69) is 200 Å². The molecule has 0 aliphatic heterocycles. The fourth-order valence-corrected chi connectivity index (χ4v) is 7.72. The van der Waals surface area contributed by atoms with E-state index in [1.165, 1.54) is 55.3 Å². The van der Waals surface area contributed by atoms with Gasteiger partial charge >= 0.3 is 0 Å². The fraction of sp³-hybridized carbons (Fsp3) is 0. The average Bonchev–Trinajstić information content (AvgIpc) is 3.26. The van der Waals surface area contributed by atoms with Crippen LogP contribution >= 0.6 is 0 Å². The van der Waals surface area contributed by atoms with E-state index in [1.54, 1.807) is 0 Å². The van der Waals surface area contributed by atoms with Crippen LogP contribution in [0.1, 0.15) is 0 Å². The maximum atomic E-state index is 5.32. The van der Waals surface area contributed by atoms with Crippen LogP contribution in [0.2, 0.25) is 0 Å². The first-order chi connectivity index (χ1) is 26.7. The summed E-state index contributed by atoms with van der Waals surface area (Å²) in [5.41, 5.74) is 15.5. The Kier molecular flexibility index (Phi) is 7.85. The van der Waals surface area contributed by atoms with Crippen molar-refractivity contribution in [1.29, 1.82) is 0 Å². The summed E-state index contributed by atoms with van der Waals surface area (Å²) in [6, 6.07) is 73.5. The van der Waals surface area contributed by atoms with Crippen molar-refractivity contribution >= 4 is 32.6 Å². The molecule has 0 bridgehead atoms. The minimum Gasteiger partial charge on any atom is -0.245 e.